The lowest BCUT2D eigenvalue weighted by molar-refractivity contribution is 0.0765. The summed E-state index contributed by atoms with van der Waals surface area (Å²) in [6, 6.07) is 7.05. The van der Waals surface area contributed by atoms with Gasteiger partial charge in [0.05, 0.1) is 18.8 Å². The van der Waals surface area contributed by atoms with Crippen LogP contribution in [0.4, 0.5) is 0 Å². The first-order valence-electron chi connectivity index (χ1n) is 6.39. The molecule has 0 heterocycles. The van der Waals surface area contributed by atoms with E-state index in [9.17, 15) is 15.3 Å². The van der Waals surface area contributed by atoms with E-state index in [2.05, 4.69) is 5.32 Å². The van der Waals surface area contributed by atoms with Gasteiger partial charge in [-0.25, -0.2) is 0 Å². The molecule has 0 aromatic heterocycles. The summed E-state index contributed by atoms with van der Waals surface area (Å²) in [6.07, 6.45) is 1.38. The van der Waals surface area contributed by atoms with Crippen LogP contribution in [0.25, 0.3) is 0 Å². The molecule has 0 saturated heterocycles. The summed E-state index contributed by atoms with van der Waals surface area (Å²) in [6.45, 7) is 3.64. The Morgan fingerprint density at radius 1 is 1.17 bits per heavy atom. The van der Waals surface area contributed by atoms with Gasteiger partial charge in [0.25, 0.3) is 0 Å². The summed E-state index contributed by atoms with van der Waals surface area (Å²) in [5.74, 6) is 0.234. The molecule has 0 bridgehead atoms. The molecule has 18 heavy (non-hydrogen) atoms. The zero-order valence-electron chi connectivity index (χ0n) is 11.1. The summed E-state index contributed by atoms with van der Waals surface area (Å²) < 4.78 is 0. The summed E-state index contributed by atoms with van der Waals surface area (Å²) >= 11 is 0. The number of aliphatic hydroxyl groups excluding tert-OH is 2. The quantitative estimate of drug-likeness (QED) is 0.595. The van der Waals surface area contributed by atoms with Gasteiger partial charge in [-0.3, -0.25) is 0 Å². The molecule has 0 aliphatic heterocycles. The molecule has 1 aromatic carbocycles. The number of para-hydroxylation sites is 1. The van der Waals surface area contributed by atoms with Crippen LogP contribution >= 0.6 is 0 Å². The SMILES string of the molecule is CCC(NC(CC)(CO)CO)c1ccccc1O. The molecule has 4 N–H and O–H groups in total. The molecule has 1 atom stereocenters. The number of phenols is 1. The number of hydrogen-bond acceptors (Lipinski definition) is 4. The Labute approximate surface area is 108 Å². The van der Waals surface area contributed by atoms with Crippen LogP contribution in [0, 0.1) is 0 Å². The van der Waals surface area contributed by atoms with Crippen molar-refractivity contribution in [3.05, 3.63) is 29.8 Å². The van der Waals surface area contributed by atoms with E-state index in [1.165, 1.54) is 0 Å². The Hall–Kier alpha value is -1.10. The van der Waals surface area contributed by atoms with Crippen molar-refractivity contribution in [2.45, 2.75) is 38.3 Å². The summed E-state index contributed by atoms with van der Waals surface area (Å²) in [5.41, 5.74) is 0.0860. The smallest absolute Gasteiger partial charge is 0.120 e. The van der Waals surface area contributed by atoms with Crippen molar-refractivity contribution >= 4 is 0 Å². The second kappa shape index (κ2) is 6.73. The third-order valence-electron chi connectivity index (χ3n) is 3.48. The highest BCUT2D eigenvalue weighted by atomic mass is 16.3. The van der Waals surface area contributed by atoms with Gasteiger partial charge < -0.3 is 20.6 Å². The second-order valence-electron chi connectivity index (χ2n) is 4.61. The van der Waals surface area contributed by atoms with Gasteiger partial charge >= 0.3 is 0 Å². The van der Waals surface area contributed by atoms with E-state index in [4.69, 9.17) is 0 Å². The largest absolute Gasteiger partial charge is 0.508 e. The topological polar surface area (TPSA) is 72.7 Å². The average molecular weight is 253 g/mol. The molecule has 0 amide bonds. The predicted molar refractivity (Wildman–Crippen MR) is 71.5 cm³/mol. The molecule has 0 aliphatic carbocycles. The Kier molecular flexibility index (Phi) is 5.59. The van der Waals surface area contributed by atoms with Gasteiger partial charge in [-0.05, 0) is 18.9 Å². The number of hydrogen-bond donors (Lipinski definition) is 4. The molecule has 0 fully saturated rings. The van der Waals surface area contributed by atoms with Gasteiger partial charge in [0, 0.05) is 11.6 Å². The fourth-order valence-corrected chi connectivity index (χ4v) is 2.02. The van der Waals surface area contributed by atoms with Crippen molar-refractivity contribution in [1.82, 2.24) is 5.32 Å². The molecule has 0 spiro atoms. The minimum absolute atomic E-state index is 0.0922. The molecule has 4 heteroatoms. The standard InChI is InChI=1S/C14H23NO3/c1-3-12(11-7-5-6-8-13(11)18)15-14(4-2,9-16)10-17/h5-8,12,15-18H,3-4,9-10H2,1-2H3. The Morgan fingerprint density at radius 3 is 2.22 bits per heavy atom. The first kappa shape index (κ1) is 15.0. The van der Waals surface area contributed by atoms with Crippen LogP contribution in [0.5, 0.6) is 5.75 Å². The van der Waals surface area contributed by atoms with E-state index in [-0.39, 0.29) is 25.0 Å². The average Bonchev–Trinajstić information content (AvgIpc) is 2.42. The van der Waals surface area contributed by atoms with E-state index in [1.807, 2.05) is 26.0 Å². The first-order valence-corrected chi connectivity index (χ1v) is 6.39. The Bertz CT molecular complexity index is 356. The fourth-order valence-electron chi connectivity index (χ4n) is 2.02. The Balaban J connectivity index is 2.94. The van der Waals surface area contributed by atoms with E-state index < -0.39 is 5.54 Å². The Morgan fingerprint density at radius 2 is 1.78 bits per heavy atom. The normalized spacial score (nSPS) is 13.6. The minimum Gasteiger partial charge on any atom is -0.508 e. The zero-order chi connectivity index (χ0) is 13.6. The predicted octanol–water partition coefficient (Wildman–Crippen LogP) is 1.57. The first-order chi connectivity index (χ1) is 8.62. The van der Waals surface area contributed by atoms with Gasteiger partial charge in [-0.15, -0.1) is 0 Å². The van der Waals surface area contributed by atoms with Gasteiger partial charge in [-0.2, -0.15) is 0 Å². The lowest BCUT2D eigenvalue weighted by Crippen LogP contribution is -2.52. The van der Waals surface area contributed by atoms with E-state index in [1.54, 1.807) is 12.1 Å². The van der Waals surface area contributed by atoms with Crippen molar-refractivity contribution in [2.75, 3.05) is 13.2 Å². The maximum Gasteiger partial charge on any atom is 0.120 e. The van der Waals surface area contributed by atoms with Crippen LogP contribution in [-0.2, 0) is 0 Å². The van der Waals surface area contributed by atoms with Gasteiger partial charge in [0.15, 0.2) is 0 Å². The van der Waals surface area contributed by atoms with Crippen molar-refractivity contribution in [3.63, 3.8) is 0 Å². The second-order valence-corrected chi connectivity index (χ2v) is 4.61. The minimum atomic E-state index is -0.705. The summed E-state index contributed by atoms with van der Waals surface area (Å²) in [4.78, 5) is 0. The van der Waals surface area contributed by atoms with E-state index >= 15 is 0 Å². The molecule has 1 aromatic rings. The van der Waals surface area contributed by atoms with Crippen LogP contribution in [0.1, 0.15) is 38.3 Å². The molecule has 0 radical (unpaired) electrons. The number of aromatic hydroxyl groups is 1. The van der Waals surface area contributed by atoms with Gasteiger partial charge in [0.2, 0.25) is 0 Å². The molecule has 1 rings (SSSR count). The highest BCUT2D eigenvalue weighted by Gasteiger charge is 2.30. The van der Waals surface area contributed by atoms with Crippen molar-refractivity contribution in [2.24, 2.45) is 0 Å². The van der Waals surface area contributed by atoms with Crippen LogP contribution in [-0.4, -0.2) is 34.1 Å². The molecule has 1 unspecified atom stereocenters. The number of phenolic OH excluding ortho intramolecular Hbond substituents is 1. The van der Waals surface area contributed by atoms with Crippen molar-refractivity contribution < 1.29 is 15.3 Å². The molecular weight excluding hydrogens is 230 g/mol. The highest BCUT2D eigenvalue weighted by Crippen LogP contribution is 2.28. The number of nitrogens with one attached hydrogen (secondary N) is 1. The van der Waals surface area contributed by atoms with Crippen LogP contribution < -0.4 is 5.32 Å². The van der Waals surface area contributed by atoms with Gasteiger partial charge in [-0.1, -0.05) is 32.0 Å². The third-order valence-corrected chi connectivity index (χ3v) is 3.48. The molecular formula is C14H23NO3. The van der Waals surface area contributed by atoms with Crippen molar-refractivity contribution in [1.29, 1.82) is 0 Å². The molecule has 0 saturated carbocycles. The number of rotatable bonds is 7. The zero-order valence-corrected chi connectivity index (χ0v) is 11.1. The van der Waals surface area contributed by atoms with Crippen molar-refractivity contribution in [3.8, 4) is 5.75 Å². The summed E-state index contributed by atoms with van der Waals surface area (Å²) in [7, 11) is 0. The maximum atomic E-state index is 9.86. The third kappa shape index (κ3) is 3.22. The molecule has 102 valence electrons. The fraction of sp³-hybridized carbons (Fsp3) is 0.571. The van der Waals surface area contributed by atoms with E-state index in [0.717, 1.165) is 12.0 Å². The maximum absolute atomic E-state index is 9.86. The monoisotopic (exact) mass is 253 g/mol. The van der Waals surface area contributed by atoms with Crippen LogP contribution in [0.3, 0.4) is 0 Å². The molecule has 4 nitrogen and oxygen atoms in total. The molecule has 0 aliphatic rings. The number of benzene rings is 1. The van der Waals surface area contributed by atoms with Crippen LogP contribution in [0.15, 0.2) is 24.3 Å². The van der Waals surface area contributed by atoms with Crippen LogP contribution in [0.2, 0.25) is 0 Å². The van der Waals surface area contributed by atoms with E-state index in [0.29, 0.717) is 6.42 Å². The lowest BCUT2D eigenvalue weighted by Gasteiger charge is -2.34. The highest BCUT2D eigenvalue weighted by molar-refractivity contribution is 5.34. The summed E-state index contributed by atoms with van der Waals surface area (Å²) in [5, 5.41) is 32.0. The lowest BCUT2D eigenvalue weighted by atomic mass is 9.93. The van der Waals surface area contributed by atoms with Gasteiger partial charge in [0.1, 0.15) is 5.75 Å². The number of aliphatic hydroxyl groups is 2.